The lowest BCUT2D eigenvalue weighted by Crippen LogP contribution is -2.30. The molecule has 1 aromatic rings. The fraction of sp³-hybridized carbons (Fsp3) is 0.733. The predicted octanol–water partition coefficient (Wildman–Crippen LogP) is 1.85. The van der Waals surface area contributed by atoms with Crippen LogP contribution in [0.4, 0.5) is 0 Å². The van der Waals surface area contributed by atoms with Crippen molar-refractivity contribution in [1.29, 1.82) is 0 Å². The van der Waals surface area contributed by atoms with E-state index in [4.69, 9.17) is 5.73 Å². The van der Waals surface area contributed by atoms with E-state index in [2.05, 4.69) is 10.4 Å². The van der Waals surface area contributed by atoms with Crippen molar-refractivity contribution in [3.63, 3.8) is 0 Å². The minimum absolute atomic E-state index is 0.00655. The van der Waals surface area contributed by atoms with E-state index in [0.717, 1.165) is 25.2 Å². The van der Waals surface area contributed by atoms with Crippen LogP contribution in [-0.4, -0.2) is 28.8 Å². The molecule has 3 N–H and O–H groups in total. The number of nitrogens with zero attached hydrogens (tertiary/aromatic N) is 2. The highest BCUT2D eigenvalue weighted by Crippen LogP contribution is 2.22. The summed E-state index contributed by atoms with van der Waals surface area (Å²) in [5.74, 6) is 0.660. The predicted molar refractivity (Wildman–Crippen MR) is 79.5 cm³/mol. The van der Waals surface area contributed by atoms with Gasteiger partial charge in [0.05, 0.1) is 11.8 Å². The Balaban J connectivity index is 1.86. The Labute approximate surface area is 120 Å². The van der Waals surface area contributed by atoms with Crippen molar-refractivity contribution in [2.24, 2.45) is 11.7 Å². The van der Waals surface area contributed by atoms with Gasteiger partial charge in [-0.25, -0.2) is 0 Å². The summed E-state index contributed by atoms with van der Waals surface area (Å²) in [6.45, 7) is 4.16. The summed E-state index contributed by atoms with van der Waals surface area (Å²) < 4.78 is 1.86. The maximum absolute atomic E-state index is 12.2. The average molecular weight is 278 g/mol. The maximum atomic E-state index is 12.2. The number of hydrogen-bond donors (Lipinski definition) is 2. The van der Waals surface area contributed by atoms with E-state index in [0.29, 0.717) is 18.0 Å². The molecule has 0 aliphatic heterocycles. The fourth-order valence-electron chi connectivity index (χ4n) is 2.86. The lowest BCUT2D eigenvalue weighted by atomic mass is 9.89. The van der Waals surface area contributed by atoms with Crippen LogP contribution < -0.4 is 11.1 Å². The first kappa shape index (κ1) is 15.0. The highest BCUT2D eigenvalue weighted by molar-refractivity contribution is 5.95. The molecule has 1 fully saturated rings. The van der Waals surface area contributed by atoms with Crippen LogP contribution in [0.5, 0.6) is 0 Å². The molecule has 0 spiro atoms. The van der Waals surface area contributed by atoms with Crippen molar-refractivity contribution in [2.75, 3.05) is 13.1 Å². The number of carbonyl (C=O) groups is 1. The Morgan fingerprint density at radius 3 is 2.90 bits per heavy atom. The van der Waals surface area contributed by atoms with E-state index in [9.17, 15) is 4.79 Å². The van der Waals surface area contributed by atoms with Gasteiger partial charge in [0, 0.05) is 18.8 Å². The van der Waals surface area contributed by atoms with Gasteiger partial charge in [-0.3, -0.25) is 9.48 Å². The van der Waals surface area contributed by atoms with Gasteiger partial charge in [-0.1, -0.05) is 19.3 Å². The number of nitrogens with one attached hydrogen (secondary N) is 1. The molecule has 1 aliphatic rings. The molecule has 1 amide bonds. The standard InChI is InChI=1S/C15H26N4O/c1-12-14(11-18-19(12)9-5-8-16)15(20)17-10-13-6-3-2-4-7-13/h11,13H,2-10,16H2,1H3,(H,17,20). The normalized spacial score (nSPS) is 16.3. The van der Waals surface area contributed by atoms with Crippen molar-refractivity contribution in [1.82, 2.24) is 15.1 Å². The molecule has 1 aromatic heterocycles. The first-order valence-electron chi connectivity index (χ1n) is 7.73. The zero-order chi connectivity index (χ0) is 14.4. The molecule has 0 aromatic carbocycles. The number of carbonyl (C=O) groups excluding carboxylic acids is 1. The Hall–Kier alpha value is -1.36. The summed E-state index contributed by atoms with van der Waals surface area (Å²) >= 11 is 0. The van der Waals surface area contributed by atoms with Gasteiger partial charge in [-0.15, -0.1) is 0 Å². The summed E-state index contributed by atoms with van der Waals surface area (Å²) in [6, 6.07) is 0. The van der Waals surface area contributed by atoms with Gasteiger partial charge in [0.2, 0.25) is 0 Å². The second-order valence-electron chi connectivity index (χ2n) is 5.72. The molecule has 0 bridgehead atoms. The quantitative estimate of drug-likeness (QED) is 0.834. The van der Waals surface area contributed by atoms with Gasteiger partial charge < -0.3 is 11.1 Å². The van der Waals surface area contributed by atoms with E-state index in [-0.39, 0.29) is 5.91 Å². The van der Waals surface area contributed by atoms with Crippen molar-refractivity contribution in [3.8, 4) is 0 Å². The Kier molecular flexibility index (Phi) is 5.59. The van der Waals surface area contributed by atoms with Crippen LogP contribution in [0.15, 0.2) is 6.20 Å². The molecule has 0 unspecified atom stereocenters. The summed E-state index contributed by atoms with van der Waals surface area (Å²) in [5.41, 5.74) is 7.13. The molecule has 112 valence electrons. The summed E-state index contributed by atoms with van der Waals surface area (Å²) in [6.07, 6.45) is 8.99. The maximum Gasteiger partial charge on any atom is 0.254 e. The molecule has 5 heteroatoms. The van der Waals surface area contributed by atoms with Crippen molar-refractivity contribution in [2.45, 2.75) is 52.0 Å². The zero-order valence-corrected chi connectivity index (χ0v) is 12.4. The van der Waals surface area contributed by atoms with Crippen LogP contribution in [0.2, 0.25) is 0 Å². The minimum atomic E-state index is 0.00655. The third kappa shape index (κ3) is 3.82. The Morgan fingerprint density at radius 1 is 1.45 bits per heavy atom. The van der Waals surface area contributed by atoms with E-state index < -0.39 is 0 Å². The van der Waals surface area contributed by atoms with Gasteiger partial charge in [0.1, 0.15) is 0 Å². The molecule has 1 aliphatic carbocycles. The molecule has 20 heavy (non-hydrogen) atoms. The largest absolute Gasteiger partial charge is 0.352 e. The third-order valence-electron chi connectivity index (χ3n) is 4.20. The molecular weight excluding hydrogens is 252 g/mol. The number of nitrogens with two attached hydrogens (primary N) is 1. The number of rotatable bonds is 6. The summed E-state index contributed by atoms with van der Waals surface area (Å²) in [4.78, 5) is 12.2. The van der Waals surface area contributed by atoms with Crippen molar-refractivity contribution >= 4 is 5.91 Å². The average Bonchev–Trinajstić information content (AvgIpc) is 2.85. The van der Waals surface area contributed by atoms with Gasteiger partial charge in [-0.2, -0.15) is 5.10 Å². The number of hydrogen-bond acceptors (Lipinski definition) is 3. The van der Waals surface area contributed by atoms with Crippen LogP contribution in [0.3, 0.4) is 0 Å². The smallest absolute Gasteiger partial charge is 0.254 e. The number of aryl methyl sites for hydroxylation is 1. The molecular formula is C15H26N4O. The molecule has 1 heterocycles. The van der Waals surface area contributed by atoms with E-state index in [1.807, 2.05) is 11.6 Å². The molecule has 1 saturated carbocycles. The minimum Gasteiger partial charge on any atom is -0.352 e. The van der Waals surface area contributed by atoms with Gasteiger partial charge in [0.15, 0.2) is 0 Å². The van der Waals surface area contributed by atoms with Gasteiger partial charge in [0.25, 0.3) is 5.91 Å². The van der Waals surface area contributed by atoms with E-state index >= 15 is 0 Å². The summed E-state index contributed by atoms with van der Waals surface area (Å²) in [7, 11) is 0. The monoisotopic (exact) mass is 278 g/mol. The lowest BCUT2D eigenvalue weighted by Gasteiger charge is -2.21. The van der Waals surface area contributed by atoms with Crippen LogP contribution in [0, 0.1) is 12.8 Å². The SMILES string of the molecule is Cc1c(C(=O)NCC2CCCCC2)cnn1CCCN. The van der Waals surface area contributed by atoms with Crippen LogP contribution in [0.1, 0.15) is 54.6 Å². The van der Waals surface area contributed by atoms with Gasteiger partial charge >= 0.3 is 0 Å². The zero-order valence-electron chi connectivity index (χ0n) is 12.4. The second kappa shape index (κ2) is 7.43. The highest BCUT2D eigenvalue weighted by atomic mass is 16.1. The first-order chi connectivity index (χ1) is 9.72. The lowest BCUT2D eigenvalue weighted by molar-refractivity contribution is 0.0943. The topological polar surface area (TPSA) is 72.9 Å². The molecule has 0 radical (unpaired) electrons. The Morgan fingerprint density at radius 2 is 2.20 bits per heavy atom. The second-order valence-corrected chi connectivity index (χ2v) is 5.72. The van der Waals surface area contributed by atoms with Crippen LogP contribution >= 0.6 is 0 Å². The van der Waals surface area contributed by atoms with Crippen LogP contribution in [-0.2, 0) is 6.54 Å². The third-order valence-corrected chi connectivity index (χ3v) is 4.20. The Bertz CT molecular complexity index is 435. The fourth-order valence-corrected chi connectivity index (χ4v) is 2.86. The van der Waals surface area contributed by atoms with E-state index in [1.165, 1.54) is 32.1 Å². The van der Waals surface area contributed by atoms with Crippen molar-refractivity contribution < 1.29 is 4.79 Å². The number of amides is 1. The summed E-state index contributed by atoms with van der Waals surface area (Å²) in [5, 5.41) is 7.33. The van der Waals surface area contributed by atoms with Crippen molar-refractivity contribution in [3.05, 3.63) is 17.5 Å². The number of aromatic nitrogens is 2. The van der Waals surface area contributed by atoms with Gasteiger partial charge in [-0.05, 0) is 38.6 Å². The van der Waals surface area contributed by atoms with Crippen LogP contribution in [0.25, 0.3) is 0 Å². The molecule has 0 atom stereocenters. The highest BCUT2D eigenvalue weighted by Gasteiger charge is 2.17. The molecule has 0 saturated heterocycles. The first-order valence-corrected chi connectivity index (χ1v) is 7.73. The molecule has 5 nitrogen and oxygen atoms in total. The van der Waals surface area contributed by atoms with E-state index in [1.54, 1.807) is 6.20 Å². The molecule has 2 rings (SSSR count).